The van der Waals surface area contributed by atoms with Gasteiger partial charge in [-0.2, -0.15) is 0 Å². The van der Waals surface area contributed by atoms with Crippen LogP contribution in [0.25, 0.3) is 10.2 Å². The van der Waals surface area contributed by atoms with Crippen LogP contribution in [0.2, 0.25) is 5.02 Å². The van der Waals surface area contributed by atoms with Crippen LogP contribution in [0, 0.1) is 6.92 Å². The van der Waals surface area contributed by atoms with Gasteiger partial charge >= 0.3 is 0 Å². The lowest BCUT2D eigenvalue weighted by Crippen LogP contribution is -1.94. The van der Waals surface area contributed by atoms with Gasteiger partial charge in [-0.15, -0.1) is 11.3 Å². The first-order valence-electron chi connectivity index (χ1n) is 5.45. The maximum Gasteiger partial charge on any atom is 0.142 e. The van der Waals surface area contributed by atoms with Crippen molar-refractivity contribution in [3.63, 3.8) is 0 Å². The Balaban J connectivity index is 2.01. The van der Waals surface area contributed by atoms with Crippen molar-refractivity contribution in [1.82, 2.24) is 9.97 Å². The number of rotatable bonds is 2. The summed E-state index contributed by atoms with van der Waals surface area (Å²) in [5.74, 6) is 0.807. The van der Waals surface area contributed by atoms with Gasteiger partial charge < -0.3 is 5.32 Å². The van der Waals surface area contributed by atoms with E-state index in [0.717, 1.165) is 32.3 Å². The van der Waals surface area contributed by atoms with Crippen LogP contribution in [0.5, 0.6) is 0 Å². The maximum absolute atomic E-state index is 6.11. The Hall–Kier alpha value is -1.65. The maximum atomic E-state index is 6.11. The zero-order valence-corrected chi connectivity index (χ0v) is 11.2. The molecule has 3 nitrogen and oxygen atoms in total. The van der Waals surface area contributed by atoms with Gasteiger partial charge in [0.1, 0.15) is 17.0 Å². The Morgan fingerprint density at radius 3 is 2.94 bits per heavy atom. The van der Waals surface area contributed by atoms with Gasteiger partial charge in [-0.25, -0.2) is 9.97 Å². The fourth-order valence-electron chi connectivity index (χ4n) is 1.70. The van der Waals surface area contributed by atoms with Crippen molar-refractivity contribution in [2.24, 2.45) is 0 Å². The predicted octanol–water partition coefficient (Wildman–Crippen LogP) is 4.40. The molecule has 0 spiro atoms. The highest BCUT2D eigenvalue weighted by Gasteiger charge is 2.05. The zero-order chi connectivity index (χ0) is 12.5. The lowest BCUT2D eigenvalue weighted by molar-refractivity contribution is 1.23. The third kappa shape index (κ3) is 2.05. The van der Waals surface area contributed by atoms with Crippen LogP contribution in [0.4, 0.5) is 11.5 Å². The summed E-state index contributed by atoms with van der Waals surface area (Å²) in [5, 5.41) is 7.05. The molecule has 3 rings (SSSR count). The summed E-state index contributed by atoms with van der Waals surface area (Å²) < 4.78 is 0. The van der Waals surface area contributed by atoms with Crippen molar-refractivity contribution in [3.8, 4) is 0 Å². The van der Waals surface area contributed by atoms with Gasteiger partial charge in [-0.3, -0.25) is 0 Å². The van der Waals surface area contributed by atoms with E-state index in [-0.39, 0.29) is 0 Å². The standard InChI is InChI=1S/C13H10ClN3S/c1-8-2-3-9(6-11(8)14)17-12-10-4-5-18-13(10)16-7-15-12/h2-7H,1H3,(H,15,16,17). The molecule has 0 unspecified atom stereocenters. The third-order valence-electron chi connectivity index (χ3n) is 2.70. The van der Waals surface area contributed by atoms with Crippen molar-refractivity contribution >= 4 is 44.7 Å². The van der Waals surface area contributed by atoms with Crippen LogP contribution in [-0.2, 0) is 0 Å². The van der Waals surface area contributed by atoms with E-state index < -0.39 is 0 Å². The molecule has 0 radical (unpaired) electrons. The van der Waals surface area contributed by atoms with Crippen molar-refractivity contribution in [1.29, 1.82) is 0 Å². The summed E-state index contributed by atoms with van der Waals surface area (Å²) in [5.41, 5.74) is 1.99. The Labute approximate surface area is 113 Å². The smallest absolute Gasteiger partial charge is 0.142 e. The van der Waals surface area contributed by atoms with Gasteiger partial charge in [0.15, 0.2) is 0 Å². The molecule has 0 aliphatic heterocycles. The third-order valence-corrected chi connectivity index (χ3v) is 3.92. The number of halogens is 1. The number of anilines is 2. The molecule has 0 aliphatic rings. The van der Waals surface area contributed by atoms with Crippen LogP contribution >= 0.6 is 22.9 Å². The molecular formula is C13H10ClN3S. The molecule has 0 amide bonds. The van der Waals surface area contributed by atoms with Gasteiger partial charge in [-0.1, -0.05) is 17.7 Å². The minimum atomic E-state index is 0.746. The highest BCUT2D eigenvalue weighted by molar-refractivity contribution is 7.16. The molecular weight excluding hydrogens is 266 g/mol. The van der Waals surface area contributed by atoms with Gasteiger partial charge in [0.2, 0.25) is 0 Å². The number of aromatic nitrogens is 2. The molecule has 0 saturated heterocycles. The van der Waals surface area contributed by atoms with E-state index in [0.29, 0.717) is 0 Å². The molecule has 0 atom stereocenters. The molecule has 0 saturated carbocycles. The van der Waals surface area contributed by atoms with Crippen molar-refractivity contribution in [2.75, 3.05) is 5.32 Å². The molecule has 5 heteroatoms. The Bertz CT molecular complexity index is 708. The van der Waals surface area contributed by atoms with E-state index in [1.165, 1.54) is 0 Å². The van der Waals surface area contributed by atoms with Crippen LogP contribution in [0.3, 0.4) is 0 Å². The number of thiophene rings is 1. The SMILES string of the molecule is Cc1ccc(Nc2ncnc3sccc23)cc1Cl. The molecule has 2 heterocycles. The first-order chi connectivity index (χ1) is 8.74. The first-order valence-corrected chi connectivity index (χ1v) is 6.71. The van der Waals surface area contributed by atoms with Gasteiger partial charge in [0.05, 0.1) is 5.39 Å². The van der Waals surface area contributed by atoms with Crippen LogP contribution in [-0.4, -0.2) is 9.97 Å². The van der Waals surface area contributed by atoms with Gasteiger partial charge in [0, 0.05) is 10.7 Å². The number of aryl methyl sites for hydroxylation is 1. The summed E-state index contributed by atoms with van der Waals surface area (Å²) in [4.78, 5) is 9.46. The average molecular weight is 276 g/mol. The Kier molecular flexibility index (Phi) is 2.89. The monoisotopic (exact) mass is 275 g/mol. The molecule has 0 fully saturated rings. The highest BCUT2D eigenvalue weighted by atomic mass is 35.5. The van der Waals surface area contributed by atoms with Gasteiger partial charge in [-0.05, 0) is 36.1 Å². The molecule has 90 valence electrons. The summed E-state index contributed by atoms with van der Waals surface area (Å²) in [6, 6.07) is 7.88. The second kappa shape index (κ2) is 4.55. The second-order valence-corrected chi connectivity index (χ2v) is 5.25. The van der Waals surface area contributed by atoms with E-state index >= 15 is 0 Å². The largest absolute Gasteiger partial charge is 0.340 e. The lowest BCUT2D eigenvalue weighted by Gasteiger charge is -2.07. The van der Waals surface area contributed by atoms with Crippen LogP contribution < -0.4 is 5.32 Å². The minimum Gasteiger partial charge on any atom is -0.340 e. The number of nitrogens with one attached hydrogen (secondary N) is 1. The molecule has 3 aromatic rings. The molecule has 2 aromatic heterocycles. The van der Waals surface area contributed by atoms with Gasteiger partial charge in [0.25, 0.3) is 0 Å². The predicted molar refractivity (Wildman–Crippen MR) is 76.9 cm³/mol. The first kappa shape index (κ1) is 11.4. The van der Waals surface area contributed by atoms with Crippen molar-refractivity contribution in [2.45, 2.75) is 6.92 Å². The fourth-order valence-corrected chi connectivity index (χ4v) is 2.61. The van der Waals surface area contributed by atoms with Crippen LogP contribution in [0.1, 0.15) is 5.56 Å². The molecule has 1 N–H and O–H groups in total. The zero-order valence-electron chi connectivity index (χ0n) is 9.64. The summed E-state index contributed by atoms with van der Waals surface area (Å²) in [7, 11) is 0. The minimum absolute atomic E-state index is 0.746. The number of fused-ring (bicyclic) bond motifs is 1. The molecule has 18 heavy (non-hydrogen) atoms. The number of benzene rings is 1. The second-order valence-electron chi connectivity index (χ2n) is 3.95. The number of hydrogen-bond donors (Lipinski definition) is 1. The Morgan fingerprint density at radius 1 is 1.22 bits per heavy atom. The summed E-state index contributed by atoms with van der Waals surface area (Å²) >= 11 is 7.71. The van der Waals surface area contributed by atoms with E-state index in [1.54, 1.807) is 17.7 Å². The molecule has 0 aliphatic carbocycles. The number of hydrogen-bond acceptors (Lipinski definition) is 4. The number of nitrogens with zero attached hydrogens (tertiary/aromatic N) is 2. The Morgan fingerprint density at radius 2 is 2.11 bits per heavy atom. The van der Waals surface area contributed by atoms with E-state index in [2.05, 4.69) is 15.3 Å². The normalized spacial score (nSPS) is 10.8. The average Bonchev–Trinajstić information content (AvgIpc) is 2.83. The summed E-state index contributed by atoms with van der Waals surface area (Å²) in [6.07, 6.45) is 1.57. The molecule has 1 aromatic carbocycles. The van der Waals surface area contributed by atoms with Crippen molar-refractivity contribution < 1.29 is 0 Å². The quantitative estimate of drug-likeness (QED) is 0.753. The fraction of sp³-hybridized carbons (Fsp3) is 0.0769. The van der Waals surface area contributed by atoms with E-state index in [4.69, 9.17) is 11.6 Å². The highest BCUT2D eigenvalue weighted by Crippen LogP contribution is 2.28. The topological polar surface area (TPSA) is 37.8 Å². The van der Waals surface area contributed by atoms with E-state index in [9.17, 15) is 0 Å². The van der Waals surface area contributed by atoms with E-state index in [1.807, 2.05) is 36.6 Å². The van der Waals surface area contributed by atoms with Crippen molar-refractivity contribution in [3.05, 3.63) is 46.6 Å². The van der Waals surface area contributed by atoms with Crippen LogP contribution in [0.15, 0.2) is 36.0 Å². The lowest BCUT2D eigenvalue weighted by atomic mass is 10.2. The summed E-state index contributed by atoms with van der Waals surface area (Å²) in [6.45, 7) is 1.98. The molecule has 0 bridgehead atoms.